The number of sulfone groups is 1. The van der Waals surface area contributed by atoms with Crippen LogP contribution in [0.2, 0.25) is 0 Å². The molecule has 1 saturated carbocycles. The van der Waals surface area contributed by atoms with Crippen LogP contribution in [-0.4, -0.2) is 57.1 Å². The second-order valence-corrected chi connectivity index (χ2v) is 9.09. The minimum absolute atomic E-state index is 0.0205. The summed E-state index contributed by atoms with van der Waals surface area (Å²) in [6.45, 7) is 1.17. The molecule has 1 aromatic carbocycles. The SMILES string of the molecule is O=C(NC1CCCCC1)N1CCN(c2ccccc2S(=O)(=O)C(F)(F)F)CC1. The Morgan fingerprint density at radius 1 is 1.00 bits per heavy atom. The number of piperazine rings is 1. The zero-order valence-corrected chi connectivity index (χ0v) is 16.2. The average molecular weight is 419 g/mol. The summed E-state index contributed by atoms with van der Waals surface area (Å²) in [5.41, 5.74) is -5.34. The van der Waals surface area contributed by atoms with Gasteiger partial charge in [-0.1, -0.05) is 31.4 Å². The van der Waals surface area contributed by atoms with Crippen LogP contribution in [0.1, 0.15) is 32.1 Å². The van der Waals surface area contributed by atoms with E-state index >= 15 is 0 Å². The van der Waals surface area contributed by atoms with Crippen LogP contribution < -0.4 is 10.2 Å². The molecule has 0 bridgehead atoms. The van der Waals surface area contributed by atoms with E-state index in [0.717, 1.165) is 31.7 Å². The molecule has 156 valence electrons. The Kier molecular flexibility index (Phi) is 6.07. The fraction of sp³-hybridized carbons (Fsp3) is 0.611. The lowest BCUT2D eigenvalue weighted by Gasteiger charge is -2.37. The Morgan fingerprint density at radius 2 is 1.61 bits per heavy atom. The molecule has 2 fully saturated rings. The molecule has 1 saturated heterocycles. The molecule has 1 heterocycles. The van der Waals surface area contributed by atoms with Crippen molar-refractivity contribution >= 4 is 21.6 Å². The van der Waals surface area contributed by atoms with Gasteiger partial charge in [-0.15, -0.1) is 0 Å². The molecule has 6 nitrogen and oxygen atoms in total. The van der Waals surface area contributed by atoms with E-state index in [0.29, 0.717) is 13.1 Å². The van der Waals surface area contributed by atoms with Crippen LogP contribution in [0, 0.1) is 0 Å². The molecule has 1 N–H and O–H groups in total. The number of nitrogens with zero attached hydrogens (tertiary/aromatic N) is 2. The number of carbonyl (C=O) groups is 1. The Morgan fingerprint density at radius 3 is 2.21 bits per heavy atom. The van der Waals surface area contributed by atoms with E-state index in [1.807, 2.05) is 0 Å². The first-order valence-corrected chi connectivity index (χ1v) is 10.9. The summed E-state index contributed by atoms with van der Waals surface area (Å²) in [6, 6.07) is 5.14. The number of carbonyl (C=O) groups excluding carboxylic acids is 1. The van der Waals surface area contributed by atoms with E-state index in [2.05, 4.69) is 5.32 Å². The van der Waals surface area contributed by atoms with E-state index in [1.54, 1.807) is 9.80 Å². The fourth-order valence-electron chi connectivity index (χ4n) is 3.73. The molecule has 1 aliphatic heterocycles. The first kappa shape index (κ1) is 20.8. The molecule has 28 heavy (non-hydrogen) atoms. The third-order valence-electron chi connectivity index (χ3n) is 5.30. The molecule has 0 atom stereocenters. The first-order chi connectivity index (χ1) is 13.2. The minimum atomic E-state index is -5.44. The summed E-state index contributed by atoms with van der Waals surface area (Å²) in [5.74, 6) is 0. The monoisotopic (exact) mass is 419 g/mol. The van der Waals surface area contributed by atoms with E-state index in [9.17, 15) is 26.4 Å². The van der Waals surface area contributed by atoms with Gasteiger partial charge < -0.3 is 15.1 Å². The van der Waals surface area contributed by atoms with Crippen LogP contribution in [0.25, 0.3) is 0 Å². The van der Waals surface area contributed by atoms with Crippen LogP contribution in [0.5, 0.6) is 0 Å². The highest BCUT2D eigenvalue weighted by Crippen LogP contribution is 2.36. The summed E-state index contributed by atoms with van der Waals surface area (Å²) in [4.78, 5) is 14.9. The number of urea groups is 1. The standard InChI is InChI=1S/C18H24F3N3O3S/c19-18(20,21)28(26,27)16-9-5-4-8-15(16)23-10-12-24(13-11-23)17(25)22-14-6-2-1-3-7-14/h4-5,8-9,14H,1-3,6-7,10-13H2,(H,22,25). The number of rotatable bonds is 3. The van der Waals surface area contributed by atoms with Crippen LogP contribution in [0.3, 0.4) is 0 Å². The number of anilines is 1. The van der Waals surface area contributed by atoms with Gasteiger partial charge >= 0.3 is 11.5 Å². The van der Waals surface area contributed by atoms with Gasteiger partial charge in [0.1, 0.15) is 0 Å². The van der Waals surface area contributed by atoms with Gasteiger partial charge in [0.25, 0.3) is 9.84 Å². The van der Waals surface area contributed by atoms with Crippen molar-refractivity contribution in [1.29, 1.82) is 0 Å². The lowest BCUT2D eigenvalue weighted by atomic mass is 9.96. The zero-order chi connectivity index (χ0) is 20.4. The smallest absolute Gasteiger partial charge is 0.367 e. The third-order valence-corrected chi connectivity index (χ3v) is 6.83. The number of para-hydroxylation sites is 1. The molecule has 10 heteroatoms. The van der Waals surface area contributed by atoms with Crippen molar-refractivity contribution in [3.05, 3.63) is 24.3 Å². The Bertz CT molecular complexity index is 800. The normalized spacial score (nSPS) is 19.5. The van der Waals surface area contributed by atoms with Crippen molar-refractivity contribution in [2.45, 2.75) is 48.5 Å². The van der Waals surface area contributed by atoms with E-state index in [1.165, 1.54) is 24.6 Å². The number of nitrogens with one attached hydrogen (secondary N) is 1. The van der Waals surface area contributed by atoms with Gasteiger partial charge in [-0.3, -0.25) is 0 Å². The quantitative estimate of drug-likeness (QED) is 0.817. The Balaban J connectivity index is 1.66. The second-order valence-electron chi connectivity index (χ2n) is 7.18. The molecule has 0 unspecified atom stereocenters. The van der Waals surface area contributed by atoms with Gasteiger partial charge in [-0.25, -0.2) is 13.2 Å². The fourth-order valence-corrected chi connectivity index (χ4v) is 4.71. The summed E-state index contributed by atoms with van der Waals surface area (Å²) in [7, 11) is -5.44. The highest BCUT2D eigenvalue weighted by Gasteiger charge is 2.48. The maximum absolute atomic E-state index is 13.0. The van der Waals surface area contributed by atoms with Gasteiger partial charge in [0.15, 0.2) is 0 Å². The largest absolute Gasteiger partial charge is 0.501 e. The highest BCUT2D eigenvalue weighted by atomic mass is 32.2. The molecular weight excluding hydrogens is 395 g/mol. The summed E-state index contributed by atoms with van der Waals surface area (Å²) in [5, 5.41) is 3.02. The van der Waals surface area contributed by atoms with Gasteiger partial charge in [0.2, 0.25) is 0 Å². The van der Waals surface area contributed by atoms with E-state index < -0.39 is 20.2 Å². The van der Waals surface area contributed by atoms with Crippen LogP contribution >= 0.6 is 0 Å². The number of hydrogen-bond donors (Lipinski definition) is 1. The average Bonchev–Trinajstić information content (AvgIpc) is 2.68. The van der Waals surface area contributed by atoms with Crippen molar-refractivity contribution in [3.8, 4) is 0 Å². The Hall–Kier alpha value is -1.97. The second kappa shape index (κ2) is 8.18. The molecule has 0 radical (unpaired) electrons. The maximum Gasteiger partial charge on any atom is 0.501 e. The van der Waals surface area contributed by atoms with E-state index in [-0.39, 0.29) is 30.8 Å². The highest BCUT2D eigenvalue weighted by molar-refractivity contribution is 7.92. The van der Waals surface area contributed by atoms with Crippen molar-refractivity contribution in [2.75, 3.05) is 31.1 Å². The molecule has 3 rings (SSSR count). The molecule has 0 aromatic heterocycles. The van der Waals surface area contributed by atoms with Crippen molar-refractivity contribution in [3.63, 3.8) is 0 Å². The third kappa shape index (κ3) is 4.37. The Labute approximate surface area is 162 Å². The molecule has 1 aliphatic carbocycles. The lowest BCUT2D eigenvalue weighted by Crippen LogP contribution is -2.54. The van der Waals surface area contributed by atoms with Gasteiger partial charge in [0, 0.05) is 32.2 Å². The minimum Gasteiger partial charge on any atom is -0.367 e. The van der Waals surface area contributed by atoms with Crippen LogP contribution in [-0.2, 0) is 9.84 Å². The molecule has 2 amide bonds. The molecule has 0 spiro atoms. The number of benzene rings is 1. The first-order valence-electron chi connectivity index (χ1n) is 9.41. The number of hydrogen-bond acceptors (Lipinski definition) is 4. The van der Waals surface area contributed by atoms with Crippen molar-refractivity contribution in [1.82, 2.24) is 10.2 Å². The maximum atomic E-state index is 13.0. The van der Waals surface area contributed by atoms with Crippen LogP contribution in [0.15, 0.2) is 29.2 Å². The van der Waals surface area contributed by atoms with Crippen LogP contribution in [0.4, 0.5) is 23.7 Å². The lowest BCUT2D eigenvalue weighted by molar-refractivity contribution is -0.0435. The van der Waals surface area contributed by atoms with Gasteiger partial charge in [-0.05, 0) is 25.0 Å². The van der Waals surface area contributed by atoms with Crippen molar-refractivity contribution in [2.24, 2.45) is 0 Å². The van der Waals surface area contributed by atoms with Crippen molar-refractivity contribution < 1.29 is 26.4 Å². The summed E-state index contributed by atoms with van der Waals surface area (Å²) in [6.07, 6.45) is 5.32. The molecular formula is C18H24F3N3O3S. The van der Waals surface area contributed by atoms with E-state index in [4.69, 9.17) is 0 Å². The summed E-state index contributed by atoms with van der Waals surface area (Å²) >= 11 is 0. The topological polar surface area (TPSA) is 69.7 Å². The van der Waals surface area contributed by atoms with Gasteiger partial charge in [0.05, 0.1) is 10.6 Å². The summed E-state index contributed by atoms with van der Waals surface area (Å²) < 4.78 is 62.7. The predicted octanol–water partition coefficient (Wildman–Crippen LogP) is 3.14. The molecule has 1 aromatic rings. The zero-order valence-electron chi connectivity index (χ0n) is 15.4. The van der Waals surface area contributed by atoms with Gasteiger partial charge in [-0.2, -0.15) is 13.2 Å². The molecule has 2 aliphatic rings. The number of amides is 2. The number of halogens is 3. The number of alkyl halides is 3. The predicted molar refractivity (Wildman–Crippen MR) is 98.9 cm³/mol.